The van der Waals surface area contributed by atoms with Crippen LogP contribution in [0.4, 0.5) is 18.0 Å². The van der Waals surface area contributed by atoms with E-state index in [2.05, 4.69) is 4.98 Å². The number of hydrogen-bond donors (Lipinski definition) is 0. The minimum Gasteiger partial charge on any atom is -0.495 e. The third-order valence-electron chi connectivity index (χ3n) is 7.17. The molecule has 0 N–H and O–H groups in total. The van der Waals surface area contributed by atoms with E-state index in [0.29, 0.717) is 24.2 Å². The summed E-state index contributed by atoms with van der Waals surface area (Å²) in [5.74, 6) is -4.05. The van der Waals surface area contributed by atoms with Crippen LogP contribution in [0.5, 0.6) is 5.75 Å². The zero-order chi connectivity index (χ0) is 27.8. The van der Waals surface area contributed by atoms with Gasteiger partial charge in [0.15, 0.2) is 17.5 Å². The lowest BCUT2D eigenvalue weighted by Crippen LogP contribution is -2.59. The molecular weight excluding hydrogens is 513 g/mol. The molecular formula is C28H27F3N4O4. The van der Waals surface area contributed by atoms with Crippen LogP contribution in [-0.2, 0) is 9.53 Å². The number of amides is 2. The predicted octanol–water partition coefficient (Wildman–Crippen LogP) is 4.80. The van der Waals surface area contributed by atoms with E-state index in [-0.39, 0.29) is 24.6 Å². The first-order valence-corrected chi connectivity index (χ1v) is 12.4. The molecule has 5 rings (SSSR count). The van der Waals surface area contributed by atoms with Gasteiger partial charge in [0.2, 0.25) is 0 Å². The Bertz CT molecular complexity index is 1450. The van der Waals surface area contributed by atoms with E-state index < -0.39 is 35.6 Å². The summed E-state index contributed by atoms with van der Waals surface area (Å²) in [6.45, 7) is 2.04. The standard InChI is InChI=1S/C28H27F3N4O4/c1-16-12-34(15-32-16)23-7-4-17(9-25(23)38-2)8-18-5-6-20-13-33(28(37)39-3)14-24(35(20)27(18)36)19-10-21(29)26(31)22(30)11-19/h4,7-12,15,20,24H,5-6,13-14H2,1-3H3/b18-8+. The summed E-state index contributed by atoms with van der Waals surface area (Å²) in [5.41, 5.74) is 2.93. The Labute approximate surface area is 223 Å². The molecule has 0 radical (unpaired) electrons. The van der Waals surface area contributed by atoms with E-state index in [0.717, 1.165) is 29.1 Å². The molecule has 0 bridgehead atoms. The van der Waals surface area contributed by atoms with E-state index >= 15 is 0 Å². The minimum atomic E-state index is -1.59. The van der Waals surface area contributed by atoms with Gasteiger partial charge in [-0.1, -0.05) is 6.07 Å². The highest BCUT2D eigenvalue weighted by atomic mass is 19.2. The van der Waals surface area contributed by atoms with Gasteiger partial charge in [0, 0.05) is 24.9 Å². The quantitative estimate of drug-likeness (QED) is 0.351. The van der Waals surface area contributed by atoms with Crippen LogP contribution in [0.1, 0.15) is 35.7 Å². The number of methoxy groups -OCH3 is 2. The number of piperazine rings is 1. The fraction of sp³-hybridized carbons (Fsp3) is 0.321. The number of imidazole rings is 1. The Kier molecular flexibility index (Phi) is 7.07. The molecule has 3 heterocycles. The summed E-state index contributed by atoms with van der Waals surface area (Å²) in [5, 5.41) is 0. The molecule has 11 heteroatoms. The monoisotopic (exact) mass is 540 g/mol. The van der Waals surface area contributed by atoms with Crippen LogP contribution in [0.15, 0.2) is 48.4 Å². The van der Waals surface area contributed by atoms with Gasteiger partial charge in [0.05, 0.1) is 44.0 Å². The van der Waals surface area contributed by atoms with Crippen LogP contribution in [0.3, 0.4) is 0 Å². The summed E-state index contributed by atoms with van der Waals surface area (Å²) < 4.78 is 54.3. The maximum atomic E-state index is 14.2. The SMILES string of the molecule is COC(=O)N1CC2CC/C(=C\c3ccc(-n4cnc(C)c4)c(OC)c3)C(=O)N2C(c2cc(F)c(F)c(F)c2)C1. The number of hydrogen-bond acceptors (Lipinski definition) is 5. The van der Waals surface area contributed by atoms with Gasteiger partial charge in [0.25, 0.3) is 5.91 Å². The van der Waals surface area contributed by atoms with E-state index in [4.69, 9.17) is 9.47 Å². The fourth-order valence-corrected chi connectivity index (χ4v) is 5.30. The number of rotatable bonds is 4. The first-order valence-electron chi connectivity index (χ1n) is 12.4. The van der Waals surface area contributed by atoms with E-state index in [9.17, 15) is 22.8 Å². The van der Waals surface area contributed by atoms with Crippen LogP contribution in [-0.4, -0.2) is 64.7 Å². The highest BCUT2D eigenvalue weighted by Crippen LogP contribution is 2.38. The largest absolute Gasteiger partial charge is 0.495 e. The molecule has 3 aromatic rings. The second kappa shape index (κ2) is 10.5. The molecule has 2 unspecified atom stereocenters. The van der Waals surface area contributed by atoms with E-state index in [1.54, 1.807) is 24.4 Å². The number of carbonyl (C=O) groups excluding carboxylic acids is 2. The van der Waals surface area contributed by atoms with Gasteiger partial charge in [-0.05, 0) is 61.2 Å². The highest BCUT2D eigenvalue weighted by Gasteiger charge is 2.44. The lowest BCUT2D eigenvalue weighted by Gasteiger charge is -2.49. The molecule has 2 saturated heterocycles. The Morgan fingerprint density at radius 1 is 1.10 bits per heavy atom. The summed E-state index contributed by atoms with van der Waals surface area (Å²) in [4.78, 5) is 33.3. The van der Waals surface area contributed by atoms with Gasteiger partial charge in [-0.3, -0.25) is 4.79 Å². The smallest absolute Gasteiger partial charge is 0.409 e. The second-order valence-electron chi connectivity index (χ2n) is 9.62. The van der Waals surface area contributed by atoms with Gasteiger partial charge >= 0.3 is 6.09 Å². The van der Waals surface area contributed by atoms with Crippen molar-refractivity contribution >= 4 is 18.1 Å². The molecule has 39 heavy (non-hydrogen) atoms. The van der Waals surface area contributed by atoms with Crippen LogP contribution >= 0.6 is 0 Å². The van der Waals surface area contributed by atoms with Crippen LogP contribution < -0.4 is 4.74 Å². The Morgan fingerprint density at radius 3 is 2.49 bits per heavy atom. The third kappa shape index (κ3) is 4.96. The number of aryl methyl sites for hydroxylation is 1. The molecule has 0 saturated carbocycles. The Morgan fingerprint density at radius 2 is 1.85 bits per heavy atom. The Hall–Kier alpha value is -4.28. The molecule has 2 amide bonds. The summed E-state index contributed by atoms with van der Waals surface area (Å²) in [6, 6.07) is 5.96. The fourth-order valence-electron chi connectivity index (χ4n) is 5.30. The number of carbonyl (C=O) groups is 2. The molecule has 204 valence electrons. The number of benzene rings is 2. The number of ether oxygens (including phenoxy) is 2. The third-order valence-corrected chi connectivity index (χ3v) is 7.17. The number of piperidine rings is 1. The zero-order valence-corrected chi connectivity index (χ0v) is 21.7. The minimum absolute atomic E-state index is 0.0560. The van der Waals surface area contributed by atoms with Crippen molar-refractivity contribution in [1.29, 1.82) is 0 Å². The maximum absolute atomic E-state index is 14.2. The second-order valence-corrected chi connectivity index (χ2v) is 9.62. The van der Waals surface area contributed by atoms with Crippen molar-refractivity contribution in [3.05, 3.63) is 82.7 Å². The summed E-state index contributed by atoms with van der Waals surface area (Å²) in [6.07, 6.45) is 5.65. The van der Waals surface area contributed by atoms with Crippen LogP contribution in [0.2, 0.25) is 0 Å². The van der Waals surface area contributed by atoms with Crippen molar-refractivity contribution in [2.24, 2.45) is 0 Å². The normalized spacial score (nSPS) is 20.3. The predicted molar refractivity (Wildman–Crippen MR) is 136 cm³/mol. The molecule has 2 aliphatic rings. The van der Waals surface area contributed by atoms with Gasteiger partial charge in [-0.2, -0.15) is 0 Å². The molecule has 2 atom stereocenters. The number of nitrogens with zero attached hydrogens (tertiary/aromatic N) is 4. The number of aromatic nitrogens is 2. The molecule has 8 nitrogen and oxygen atoms in total. The lowest BCUT2D eigenvalue weighted by molar-refractivity contribution is -0.138. The van der Waals surface area contributed by atoms with Crippen molar-refractivity contribution in [3.63, 3.8) is 0 Å². The van der Waals surface area contributed by atoms with Gasteiger partial charge in [-0.25, -0.2) is 22.9 Å². The average molecular weight is 541 g/mol. The molecule has 2 aliphatic heterocycles. The van der Waals surface area contributed by atoms with Gasteiger partial charge < -0.3 is 23.8 Å². The lowest BCUT2D eigenvalue weighted by atomic mass is 9.89. The van der Waals surface area contributed by atoms with E-state index in [1.165, 1.54) is 12.0 Å². The van der Waals surface area contributed by atoms with Crippen molar-refractivity contribution in [2.75, 3.05) is 27.3 Å². The van der Waals surface area contributed by atoms with Gasteiger partial charge in [-0.15, -0.1) is 0 Å². The number of halogens is 3. The Balaban J connectivity index is 1.49. The van der Waals surface area contributed by atoms with Gasteiger partial charge in [0.1, 0.15) is 5.75 Å². The topological polar surface area (TPSA) is 76.9 Å². The van der Waals surface area contributed by atoms with E-state index in [1.807, 2.05) is 35.9 Å². The summed E-state index contributed by atoms with van der Waals surface area (Å²) in [7, 11) is 2.80. The molecule has 2 aromatic carbocycles. The summed E-state index contributed by atoms with van der Waals surface area (Å²) >= 11 is 0. The average Bonchev–Trinajstić information content (AvgIpc) is 3.37. The van der Waals surface area contributed by atoms with Crippen LogP contribution in [0.25, 0.3) is 11.8 Å². The first kappa shape index (κ1) is 26.3. The van der Waals surface area contributed by atoms with Crippen molar-refractivity contribution in [1.82, 2.24) is 19.4 Å². The first-order chi connectivity index (χ1) is 18.7. The zero-order valence-electron chi connectivity index (χ0n) is 21.7. The molecule has 0 spiro atoms. The molecule has 2 fully saturated rings. The van der Waals surface area contributed by atoms with Crippen molar-refractivity contribution in [2.45, 2.75) is 31.8 Å². The molecule has 1 aromatic heterocycles. The van der Waals surface area contributed by atoms with Crippen molar-refractivity contribution in [3.8, 4) is 11.4 Å². The highest BCUT2D eigenvalue weighted by molar-refractivity contribution is 5.99. The molecule has 0 aliphatic carbocycles. The van der Waals surface area contributed by atoms with Crippen LogP contribution in [0, 0.1) is 24.4 Å². The number of fused-ring (bicyclic) bond motifs is 1. The van der Waals surface area contributed by atoms with Crippen molar-refractivity contribution < 1.29 is 32.2 Å². The maximum Gasteiger partial charge on any atom is 0.409 e.